The van der Waals surface area contributed by atoms with Crippen molar-refractivity contribution in [2.45, 2.75) is 25.9 Å². The van der Waals surface area contributed by atoms with Crippen LogP contribution in [-0.2, 0) is 10.9 Å². The lowest BCUT2D eigenvalue weighted by Crippen LogP contribution is -2.16. The Morgan fingerprint density at radius 2 is 2.10 bits per heavy atom. The molecule has 0 saturated carbocycles. The molecular weight excluding hydrogens is 297 g/mol. The van der Waals surface area contributed by atoms with E-state index in [-0.39, 0.29) is 18.0 Å². The molecular formula is C12H14ClF3N2O2. The summed E-state index contributed by atoms with van der Waals surface area (Å²) < 4.78 is 42.5. The first kappa shape index (κ1) is 16.4. The molecule has 0 bridgehead atoms. The van der Waals surface area contributed by atoms with Crippen LogP contribution in [0.15, 0.2) is 12.1 Å². The third kappa shape index (κ3) is 4.48. The van der Waals surface area contributed by atoms with E-state index in [1.807, 2.05) is 6.92 Å². The number of nitrogen functional groups attached to an aromatic ring is 1. The summed E-state index contributed by atoms with van der Waals surface area (Å²) in [5, 5.41) is 1.70. The number of carbonyl (C=O) groups excluding carboxylic acids is 1. The Kier molecular flexibility index (Phi) is 5.50. The third-order valence-electron chi connectivity index (χ3n) is 2.41. The van der Waals surface area contributed by atoms with Gasteiger partial charge < -0.3 is 10.5 Å². The molecule has 1 aromatic rings. The quantitative estimate of drug-likeness (QED) is 0.644. The van der Waals surface area contributed by atoms with E-state index in [4.69, 9.17) is 22.1 Å². The molecule has 0 aliphatic heterocycles. The Balaban J connectivity index is 2.83. The molecule has 1 aromatic carbocycles. The summed E-state index contributed by atoms with van der Waals surface area (Å²) in [6, 6.07) is 1.62. The maximum Gasteiger partial charge on any atom is 0.417 e. The Morgan fingerprint density at radius 3 is 2.65 bits per heavy atom. The second-order valence-corrected chi connectivity index (χ2v) is 4.44. The molecule has 1 amide bonds. The van der Waals surface area contributed by atoms with E-state index in [9.17, 15) is 18.0 Å². The number of carbonyl (C=O) groups is 1. The fourth-order valence-corrected chi connectivity index (χ4v) is 1.64. The van der Waals surface area contributed by atoms with Crippen molar-refractivity contribution in [2.75, 3.05) is 17.7 Å². The third-order valence-corrected chi connectivity index (χ3v) is 2.73. The summed E-state index contributed by atoms with van der Waals surface area (Å²) >= 11 is 5.53. The molecule has 0 heterocycles. The van der Waals surface area contributed by atoms with Gasteiger partial charge in [-0.2, -0.15) is 13.2 Å². The smallest absolute Gasteiger partial charge is 0.417 e. The molecule has 4 nitrogen and oxygen atoms in total. The molecule has 0 radical (unpaired) electrons. The summed E-state index contributed by atoms with van der Waals surface area (Å²) in [6.07, 6.45) is -3.86. The molecule has 0 atom stereocenters. The highest BCUT2D eigenvalue weighted by Gasteiger charge is 2.34. The number of unbranched alkanes of at least 4 members (excludes halogenated alkanes) is 1. The minimum Gasteiger partial charge on any atom is -0.449 e. The zero-order valence-corrected chi connectivity index (χ0v) is 11.4. The molecule has 112 valence electrons. The maximum atomic E-state index is 12.6. The minimum atomic E-state index is -4.61. The van der Waals surface area contributed by atoms with Gasteiger partial charge in [-0.15, -0.1) is 0 Å². The van der Waals surface area contributed by atoms with Gasteiger partial charge in [0.25, 0.3) is 0 Å². The van der Waals surface area contributed by atoms with Crippen molar-refractivity contribution in [2.24, 2.45) is 0 Å². The zero-order valence-electron chi connectivity index (χ0n) is 10.7. The van der Waals surface area contributed by atoms with E-state index in [0.717, 1.165) is 12.5 Å². The SMILES string of the molecule is CCCCOC(=O)Nc1cc(Cl)c(C(F)(F)F)cc1N. The first-order valence-corrected chi connectivity index (χ1v) is 6.23. The highest BCUT2D eigenvalue weighted by molar-refractivity contribution is 6.32. The van der Waals surface area contributed by atoms with Crippen molar-refractivity contribution < 1.29 is 22.7 Å². The van der Waals surface area contributed by atoms with Gasteiger partial charge in [-0.25, -0.2) is 4.79 Å². The van der Waals surface area contributed by atoms with Crippen molar-refractivity contribution in [3.8, 4) is 0 Å². The lowest BCUT2D eigenvalue weighted by Gasteiger charge is -2.13. The number of benzene rings is 1. The zero-order chi connectivity index (χ0) is 15.3. The van der Waals surface area contributed by atoms with Crippen molar-refractivity contribution in [3.05, 3.63) is 22.7 Å². The number of amides is 1. The predicted octanol–water partition coefficient (Wildman–Crippen LogP) is 4.29. The Hall–Kier alpha value is -1.63. The normalized spacial score (nSPS) is 11.2. The van der Waals surface area contributed by atoms with Gasteiger partial charge >= 0.3 is 12.3 Å². The molecule has 0 aliphatic carbocycles. The Labute approximate surface area is 119 Å². The maximum absolute atomic E-state index is 12.6. The van der Waals surface area contributed by atoms with Crippen LogP contribution in [0.2, 0.25) is 5.02 Å². The monoisotopic (exact) mass is 310 g/mol. The van der Waals surface area contributed by atoms with Gasteiger partial charge in [0.15, 0.2) is 0 Å². The average Bonchev–Trinajstić information content (AvgIpc) is 2.32. The van der Waals surface area contributed by atoms with Gasteiger partial charge in [0.1, 0.15) is 0 Å². The number of ether oxygens (including phenoxy) is 1. The number of hydrogen-bond acceptors (Lipinski definition) is 3. The number of rotatable bonds is 4. The van der Waals surface area contributed by atoms with E-state index in [1.165, 1.54) is 0 Å². The summed E-state index contributed by atoms with van der Waals surface area (Å²) in [6.45, 7) is 2.14. The van der Waals surface area contributed by atoms with Gasteiger partial charge in [-0.3, -0.25) is 5.32 Å². The minimum absolute atomic E-state index is 0.0236. The van der Waals surface area contributed by atoms with Gasteiger partial charge in [-0.05, 0) is 18.6 Å². The van der Waals surface area contributed by atoms with E-state index in [0.29, 0.717) is 12.5 Å². The first-order chi connectivity index (χ1) is 9.25. The van der Waals surface area contributed by atoms with Crippen molar-refractivity contribution >= 4 is 29.1 Å². The van der Waals surface area contributed by atoms with Gasteiger partial charge in [0.2, 0.25) is 0 Å². The van der Waals surface area contributed by atoms with Gasteiger partial charge in [-0.1, -0.05) is 24.9 Å². The molecule has 1 rings (SSSR count). The molecule has 3 N–H and O–H groups in total. The van der Waals surface area contributed by atoms with Crippen LogP contribution in [0.25, 0.3) is 0 Å². The fraction of sp³-hybridized carbons (Fsp3) is 0.417. The Morgan fingerprint density at radius 1 is 1.45 bits per heavy atom. The number of nitrogens with two attached hydrogens (primary N) is 1. The number of hydrogen-bond donors (Lipinski definition) is 2. The van der Waals surface area contributed by atoms with Crippen molar-refractivity contribution in [3.63, 3.8) is 0 Å². The molecule has 0 spiro atoms. The molecule has 0 unspecified atom stereocenters. The lowest BCUT2D eigenvalue weighted by atomic mass is 10.1. The van der Waals surface area contributed by atoms with Crippen LogP contribution in [-0.4, -0.2) is 12.7 Å². The summed E-state index contributed by atoms with van der Waals surface area (Å²) in [5.41, 5.74) is 4.14. The standard InChI is InChI=1S/C12H14ClF3N2O2/c1-2-3-4-20-11(19)18-10-6-8(13)7(5-9(10)17)12(14,15)16/h5-6H,2-4,17H2,1H3,(H,18,19). The van der Waals surface area contributed by atoms with E-state index in [2.05, 4.69) is 5.32 Å². The highest BCUT2D eigenvalue weighted by atomic mass is 35.5. The van der Waals surface area contributed by atoms with Gasteiger partial charge in [0.05, 0.1) is 28.6 Å². The first-order valence-electron chi connectivity index (χ1n) is 5.85. The van der Waals surface area contributed by atoms with E-state index in [1.54, 1.807) is 0 Å². The topological polar surface area (TPSA) is 64.3 Å². The van der Waals surface area contributed by atoms with E-state index < -0.39 is 22.9 Å². The van der Waals surface area contributed by atoms with Crippen LogP contribution in [0.3, 0.4) is 0 Å². The second-order valence-electron chi connectivity index (χ2n) is 4.03. The molecule has 0 saturated heterocycles. The lowest BCUT2D eigenvalue weighted by molar-refractivity contribution is -0.137. The van der Waals surface area contributed by atoms with Crippen molar-refractivity contribution in [1.29, 1.82) is 0 Å². The van der Waals surface area contributed by atoms with Crippen LogP contribution in [0, 0.1) is 0 Å². The van der Waals surface area contributed by atoms with Crippen LogP contribution in [0.4, 0.5) is 29.3 Å². The number of anilines is 2. The molecule has 0 fully saturated rings. The van der Waals surface area contributed by atoms with E-state index >= 15 is 0 Å². The van der Waals surface area contributed by atoms with Crippen LogP contribution in [0.1, 0.15) is 25.3 Å². The number of halogens is 4. The second kappa shape index (κ2) is 6.69. The summed E-state index contributed by atoms with van der Waals surface area (Å²) in [4.78, 5) is 11.4. The summed E-state index contributed by atoms with van der Waals surface area (Å²) in [5.74, 6) is 0. The molecule has 20 heavy (non-hydrogen) atoms. The van der Waals surface area contributed by atoms with Crippen LogP contribution in [0.5, 0.6) is 0 Å². The number of nitrogens with one attached hydrogen (secondary N) is 1. The van der Waals surface area contributed by atoms with Crippen LogP contribution < -0.4 is 11.1 Å². The van der Waals surface area contributed by atoms with Gasteiger partial charge in [0, 0.05) is 0 Å². The summed E-state index contributed by atoms with van der Waals surface area (Å²) in [7, 11) is 0. The number of alkyl halides is 3. The Bertz CT molecular complexity index is 492. The predicted molar refractivity (Wildman–Crippen MR) is 70.7 cm³/mol. The van der Waals surface area contributed by atoms with Crippen LogP contribution >= 0.6 is 11.6 Å². The largest absolute Gasteiger partial charge is 0.449 e. The molecule has 8 heteroatoms. The fourth-order valence-electron chi connectivity index (χ4n) is 1.37. The molecule has 0 aromatic heterocycles. The molecule has 0 aliphatic rings. The van der Waals surface area contributed by atoms with Crippen molar-refractivity contribution in [1.82, 2.24) is 0 Å². The highest BCUT2D eigenvalue weighted by Crippen LogP contribution is 2.38. The average molecular weight is 311 g/mol.